The van der Waals surface area contributed by atoms with Crippen molar-refractivity contribution in [2.75, 3.05) is 0 Å². The molecule has 19 heavy (non-hydrogen) atoms. The monoisotopic (exact) mass is 256 g/mol. The minimum Gasteiger partial charge on any atom is -0.478 e. The number of ether oxygens (including phenoxy) is 1. The number of rotatable bonds is 3. The Bertz CT molecular complexity index is 630. The molecule has 0 aliphatic carbocycles. The third-order valence-electron chi connectivity index (χ3n) is 3.20. The zero-order chi connectivity index (χ0) is 14.0. The van der Waals surface area contributed by atoms with Crippen LogP contribution in [0.25, 0.3) is 0 Å². The number of hydrogen-bond donors (Lipinski definition) is 1. The molecule has 2 aromatic carbocycles. The molecule has 0 heterocycles. The molecule has 0 bridgehead atoms. The van der Waals surface area contributed by atoms with Gasteiger partial charge in [0.2, 0.25) is 0 Å². The second-order valence-corrected chi connectivity index (χ2v) is 4.59. The topological polar surface area (TPSA) is 46.5 Å². The Labute approximate surface area is 112 Å². The molecule has 0 spiro atoms. The SMILES string of the molecule is Cc1cc(C(=O)O)ccc1Oc1cccc(C)c1C. The molecule has 2 rings (SSSR count). The van der Waals surface area contributed by atoms with Crippen molar-refractivity contribution >= 4 is 5.97 Å². The number of carboxylic acid groups (broad SMARTS) is 1. The number of benzene rings is 2. The fourth-order valence-corrected chi connectivity index (χ4v) is 1.85. The molecule has 0 saturated heterocycles. The summed E-state index contributed by atoms with van der Waals surface area (Å²) < 4.78 is 5.86. The molecule has 3 heteroatoms. The van der Waals surface area contributed by atoms with Crippen molar-refractivity contribution in [1.82, 2.24) is 0 Å². The fraction of sp³-hybridized carbons (Fsp3) is 0.188. The summed E-state index contributed by atoms with van der Waals surface area (Å²) in [6, 6.07) is 10.7. The highest BCUT2D eigenvalue weighted by Gasteiger charge is 2.09. The molecule has 0 saturated carbocycles. The van der Waals surface area contributed by atoms with Gasteiger partial charge in [-0.2, -0.15) is 0 Å². The summed E-state index contributed by atoms with van der Waals surface area (Å²) in [4.78, 5) is 10.9. The van der Waals surface area contributed by atoms with Gasteiger partial charge in [-0.3, -0.25) is 0 Å². The van der Waals surface area contributed by atoms with E-state index in [0.717, 1.165) is 22.4 Å². The van der Waals surface area contributed by atoms with Crippen molar-refractivity contribution in [2.45, 2.75) is 20.8 Å². The van der Waals surface area contributed by atoms with Crippen LogP contribution in [0.15, 0.2) is 36.4 Å². The van der Waals surface area contributed by atoms with Crippen LogP contribution in [0.5, 0.6) is 11.5 Å². The number of hydrogen-bond acceptors (Lipinski definition) is 2. The van der Waals surface area contributed by atoms with E-state index in [9.17, 15) is 4.79 Å². The van der Waals surface area contributed by atoms with Gasteiger partial charge in [0.1, 0.15) is 11.5 Å². The molecule has 0 unspecified atom stereocenters. The highest BCUT2D eigenvalue weighted by molar-refractivity contribution is 5.88. The lowest BCUT2D eigenvalue weighted by Crippen LogP contribution is -1.98. The van der Waals surface area contributed by atoms with Crippen LogP contribution in [-0.2, 0) is 0 Å². The molecule has 2 aromatic rings. The van der Waals surface area contributed by atoms with Gasteiger partial charge in [0, 0.05) is 0 Å². The van der Waals surface area contributed by atoms with Crippen LogP contribution in [0, 0.1) is 20.8 Å². The molecule has 0 radical (unpaired) electrons. The summed E-state index contributed by atoms with van der Waals surface area (Å²) in [7, 11) is 0. The molecule has 0 aliphatic heterocycles. The van der Waals surface area contributed by atoms with E-state index in [2.05, 4.69) is 0 Å². The fourth-order valence-electron chi connectivity index (χ4n) is 1.85. The van der Waals surface area contributed by atoms with E-state index in [-0.39, 0.29) is 5.56 Å². The maximum atomic E-state index is 10.9. The first-order valence-corrected chi connectivity index (χ1v) is 6.07. The van der Waals surface area contributed by atoms with Crippen LogP contribution >= 0.6 is 0 Å². The van der Waals surface area contributed by atoms with E-state index < -0.39 is 5.97 Å². The molecule has 0 fully saturated rings. The van der Waals surface area contributed by atoms with Gasteiger partial charge in [-0.25, -0.2) is 4.79 Å². The Kier molecular flexibility index (Phi) is 3.56. The molecule has 0 amide bonds. The van der Waals surface area contributed by atoms with E-state index >= 15 is 0 Å². The van der Waals surface area contributed by atoms with Crippen molar-refractivity contribution in [1.29, 1.82) is 0 Å². The van der Waals surface area contributed by atoms with Crippen LogP contribution in [0.3, 0.4) is 0 Å². The molecule has 98 valence electrons. The molecule has 0 atom stereocenters. The third kappa shape index (κ3) is 2.76. The Balaban J connectivity index is 2.34. The molecule has 0 aliphatic rings. The van der Waals surface area contributed by atoms with E-state index in [4.69, 9.17) is 9.84 Å². The average Bonchev–Trinajstić information content (AvgIpc) is 2.37. The van der Waals surface area contributed by atoms with Crippen LogP contribution < -0.4 is 4.74 Å². The zero-order valence-corrected chi connectivity index (χ0v) is 11.2. The van der Waals surface area contributed by atoms with Gasteiger partial charge in [0.05, 0.1) is 5.56 Å². The van der Waals surface area contributed by atoms with Crippen molar-refractivity contribution in [2.24, 2.45) is 0 Å². The maximum Gasteiger partial charge on any atom is 0.335 e. The summed E-state index contributed by atoms with van der Waals surface area (Å²) in [5.41, 5.74) is 3.33. The normalized spacial score (nSPS) is 10.3. The molecule has 3 nitrogen and oxygen atoms in total. The zero-order valence-electron chi connectivity index (χ0n) is 11.2. The van der Waals surface area contributed by atoms with Gasteiger partial charge in [-0.1, -0.05) is 12.1 Å². The van der Waals surface area contributed by atoms with Crippen molar-refractivity contribution < 1.29 is 14.6 Å². The number of carbonyl (C=O) groups is 1. The summed E-state index contributed by atoms with van der Waals surface area (Å²) in [6.45, 7) is 5.88. The predicted molar refractivity (Wildman–Crippen MR) is 74.1 cm³/mol. The maximum absolute atomic E-state index is 10.9. The molecule has 1 N–H and O–H groups in total. The largest absolute Gasteiger partial charge is 0.478 e. The van der Waals surface area contributed by atoms with E-state index in [0.29, 0.717) is 5.75 Å². The highest BCUT2D eigenvalue weighted by atomic mass is 16.5. The molecule has 0 aromatic heterocycles. The average molecular weight is 256 g/mol. The summed E-state index contributed by atoms with van der Waals surface area (Å²) >= 11 is 0. The van der Waals surface area contributed by atoms with Crippen molar-refractivity contribution in [3.05, 3.63) is 58.7 Å². The lowest BCUT2D eigenvalue weighted by atomic mass is 10.1. The van der Waals surface area contributed by atoms with Gasteiger partial charge in [-0.15, -0.1) is 0 Å². The Morgan fingerprint density at radius 2 is 1.74 bits per heavy atom. The first kappa shape index (κ1) is 13.1. The van der Waals surface area contributed by atoms with Crippen molar-refractivity contribution in [3.8, 4) is 11.5 Å². The Hall–Kier alpha value is -2.29. The van der Waals surface area contributed by atoms with E-state index in [1.807, 2.05) is 39.0 Å². The van der Waals surface area contributed by atoms with Crippen LogP contribution in [0.2, 0.25) is 0 Å². The molecular formula is C16H16O3. The first-order chi connectivity index (χ1) is 8.99. The standard InChI is InChI=1S/C16H16O3/c1-10-5-4-6-15(12(10)3)19-14-8-7-13(16(17)18)9-11(14)2/h4-9H,1-3H3,(H,17,18). The Morgan fingerprint density at radius 1 is 1.00 bits per heavy atom. The number of carboxylic acids is 1. The minimum atomic E-state index is -0.929. The minimum absolute atomic E-state index is 0.269. The second-order valence-electron chi connectivity index (χ2n) is 4.59. The highest BCUT2D eigenvalue weighted by Crippen LogP contribution is 2.29. The number of aryl methyl sites for hydroxylation is 2. The van der Waals surface area contributed by atoms with Crippen molar-refractivity contribution in [3.63, 3.8) is 0 Å². The first-order valence-electron chi connectivity index (χ1n) is 6.07. The summed E-state index contributed by atoms with van der Waals surface area (Å²) in [6.07, 6.45) is 0. The smallest absolute Gasteiger partial charge is 0.335 e. The van der Waals surface area contributed by atoms with Crippen LogP contribution in [0.1, 0.15) is 27.0 Å². The van der Waals surface area contributed by atoms with Gasteiger partial charge in [-0.05, 0) is 61.7 Å². The van der Waals surface area contributed by atoms with Gasteiger partial charge >= 0.3 is 5.97 Å². The number of aromatic carboxylic acids is 1. The third-order valence-corrected chi connectivity index (χ3v) is 3.20. The second kappa shape index (κ2) is 5.14. The van der Waals surface area contributed by atoms with E-state index in [1.165, 1.54) is 0 Å². The van der Waals surface area contributed by atoms with Crippen LogP contribution in [-0.4, -0.2) is 11.1 Å². The van der Waals surface area contributed by atoms with Gasteiger partial charge in [0.15, 0.2) is 0 Å². The summed E-state index contributed by atoms with van der Waals surface area (Å²) in [5.74, 6) is 0.547. The Morgan fingerprint density at radius 3 is 2.37 bits per heavy atom. The lowest BCUT2D eigenvalue weighted by molar-refractivity contribution is 0.0697. The quantitative estimate of drug-likeness (QED) is 0.899. The lowest BCUT2D eigenvalue weighted by Gasteiger charge is -2.12. The van der Waals surface area contributed by atoms with E-state index in [1.54, 1.807) is 18.2 Å². The summed E-state index contributed by atoms with van der Waals surface area (Å²) in [5, 5.41) is 8.93. The molecular weight excluding hydrogens is 240 g/mol. The predicted octanol–water partition coefficient (Wildman–Crippen LogP) is 4.10. The van der Waals surface area contributed by atoms with Gasteiger partial charge < -0.3 is 9.84 Å². The van der Waals surface area contributed by atoms with Gasteiger partial charge in [0.25, 0.3) is 0 Å². The van der Waals surface area contributed by atoms with Crippen LogP contribution in [0.4, 0.5) is 0 Å².